The molecule has 0 aliphatic carbocycles. The maximum Gasteiger partial charge on any atom is 0.390 e. The number of nitrogens with two attached hydrogens (primary N) is 1. The number of nitrogen functional groups attached to an aromatic ring is 1. The third-order valence-corrected chi connectivity index (χ3v) is 2.84. The van der Waals surface area contributed by atoms with Crippen molar-refractivity contribution in [3.05, 3.63) is 20.8 Å². The average Bonchev–Trinajstić information content (AvgIpc) is 2.35. The monoisotopic (exact) mass is 308 g/mol. The highest BCUT2D eigenvalue weighted by atomic mass is 19.4. The van der Waals surface area contributed by atoms with Crippen LogP contribution in [0, 0.1) is 5.92 Å². The van der Waals surface area contributed by atoms with Gasteiger partial charge < -0.3 is 11.1 Å². The Hall–Kier alpha value is -1.93. The lowest BCUT2D eigenvalue weighted by Crippen LogP contribution is -2.41. The zero-order valence-electron chi connectivity index (χ0n) is 12.1. The van der Waals surface area contributed by atoms with Gasteiger partial charge in [-0.15, -0.1) is 0 Å². The molecule has 0 aromatic carbocycles. The molecule has 1 rings (SSSR count). The largest absolute Gasteiger partial charge is 0.390 e. The molecule has 1 aromatic rings. The Kier molecular flexibility index (Phi) is 5.08. The van der Waals surface area contributed by atoms with Crippen LogP contribution in [0.3, 0.4) is 0 Å². The first-order chi connectivity index (χ1) is 9.54. The summed E-state index contributed by atoms with van der Waals surface area (Å²) in [6.07, 6.45) is -5.43. The van der Waals surface area contributed by atoms with Gasteiger partial charge in [0.25, 0.3) is 5.56 Å². The van der Waals surface area contributed by atoms with Crippen molar-refractivity contribution in [2.24, 2.45) is 13.0 Å². The zero-order chi connectivity index (χ0) is 16.4. The highest BCUT2D eigenvalue weighted by Crippen LogP contribution is 2.20. The molecule has 1 aromatic heterocycles. The van der Waals surface area contributed by atoms with E-state index < -0.39 is 30.4 Å². The molecule has 0 saturated carbocycles. The standard InChI is InChI=1S/C12H19F3N4O2/c1-7(2)6-19-9(16)8(10(20)18(3)11(19)21)17-5-4-12(13,14)15/h7,17H,4-6,16H2,1-3H3. The smallest absolute Gasteiger partial charge is 0.383 e. The van der Waals surface area contributed by atoms with E-state index in [4.69, 9.17) is 5.73 Å². The average molecular weight is 308 g/mol. The van der Waals surface area contributed by atoms with E-state index in [1.165, 1.54) is 11.6 Å². The van der Waals surface area contributed by atoms with E-state index in [9.17, 15) is 22.8 Å². The van der Waals surface area contributed by atoms with Crippen LogP contribution >= 0.6 is 0 Å². The van der Waals surface area contributed by atoms with Gasteiger partial charge in [0.1, 0.15) is 11.5 Å². The number of nitrogens with zero attached hydrogens (tertiary/aromatic N) is 2. The second-order valence-electron chi connectivity index (χ2n) is 5.20. The maximum absolute atomic E-state index is 12.1. The molecule has 3 N–H and O–H groups in total. The lowest BCUT2D eigenvalue weighted by molar-refractivity contribution is -0.131. The Labute approximate surface area is 119 Å². The minimum atomic E-state index is -4.33. The Morgan fingerprint density at radius 3 is 2.33 bits per heavy atom. The summed E-state index contributed by atoms with van der Waals surface area (Å²) in [4.78, 5) is 23.9. The molecule has 0 unspecified atom stereocenters. The number of anilines is 2. The van der Waals surface area contributed by atoms with Crippen LogP contribution in [0.1, 0.15) is 20.3 Å². The van der Waals surface area contributed by atoms with E-state index in [2.05, 4.69) is 5.32 Å². The summed E-state index contributed by atoms with van der Waals surface area (Å²) in [5.41, 5.74) is 4.25. The fourth-order valence-electron chi connectivity index (χ4n) is 1.82. The second kappa shape index (κ2) is 6.23. The number of nitrogens with one attached hydrogen (secondary N) is 1. The summed E-state index contributed by atoms with van der Waals surface area (Å²) in [7, 11) is 1.26. The first-order valence-corrected chi connectivity index (χ1v) is 6.44. The van der Waals surface area contributed by atoms with Crippen LogP contribution in [-0.4, -0.2) is 21.9 Å². The van der Waals surface area contributed by atoms with Crippen molar-refractivity contribution in [1.82, 2.24) is 9.13 Å². The Bertz CT molecular complexity index is 617. The normalized spacial score (nSPS) is 12.0. The van der Waals surface area contributed by atoms with Crippen molar-refractivity contribution in [1.29, 1.82) is 0 Å². The molecule has 0 bridgehead atoms. The third kappa shape index (κ3) is 4.27. The fourth-order valence-corrected chi connectivity index (χ4v) is 1.82. The van der Waals surface area contributed by atoms with Crippen LogP contribution in [0.25, 0.3) is 0 Å². The molecule has 0 aliphatic rings. The van der Waals surface area contributed by atoms with Crippen LogP contribution in [0.2, 0.25) is 0 Å². The van der Waals surface area contributed by atoms with Crippen LogP contribution in [0.5, 0.6) is 0 Å². The van der Waals surface area contributed by atoms with Gasteiger partial charge in [0.05, 0.1) is 6.42 Å². The summed E-state index contributed by atoms with van der Waals surface area (Å²) < 4.78 is 38.4. The van der Waals surface area contributed by atoms with Crippen molar-refractivity contribution < 1.29 is 13.2 Å². The van der Waals surface area contributed by atoms with Gasteiger partial charge in [-0.2, -0.15) is 13.2 Å². The third-order valence-electron chi connectivity index (χ3n) is 2.84. The minimum absolute atomic E-state index is 0.0885. The number of halogens is 3. The molecular formula is C12H19F3N4O2. The van der Waals surface area contributed by atoms with Crippen LogP contribution in [0.4, 0.5) is 24.7 Å². The van der Waals surface area contributed by atoms with Crippen LogP contribution in [0.15, 0.2) is 9.59 Å². The maximum atomic E-state index is 12.1. The molecule has 6 nitrogen and oxygen atoms in total. The molecule has 0 radical (unpaired) electrons. The minimum Gasteiger partial charge on any atom is -0.383 e. The van der Waals surface area contributed by atoms with Crippen molar-refractivity contribution in [2.75, 3.05) is 17.6 Å². The first kappa shape index (κ1) is 17.1. The molecule has 0 saturated heterocycles. The Morgan fingerprint density at radius 2 is 1.86 bits per heavy atom. The molecule has 1 heterocycles. The van der Waals surface area contributed by atoms with Gasteiger partial charge in [0, 0.05) is 20.1 Å². The van der Waals surface area contributed by atoms with Gasteiger partial charge in [-0.05, 0) is 5.92 Å². The van der Waals surface area contributed by atoms with Gasteiger partial charge >= 0.3 is 11.9 Å². The van der Waals surface area contributed by atoms with Gasteiger partial charge in [-0.1, -0.05) is 13.8 Å². The lowest BCUT2D eigenvalue weighted by atomic mass is 10.2. The van der Waals surface area contributed by atoms with Crippen molar-refractivity contribution in [2.45, 2.75) is 33.0 Å². The molecule has 120 valence electrons. The van der Waals surface area contributed by atoms with Gasteiger partial charge in [-0.25, -0.2) is 4.79 Å². The summed E-state index contributed by atoms with van der Waals surface area (Å²) in [5.74, 6) is -0.0514. The van der Waals surface area contributed by atoms with Crippen molar-refractivity contribution in [3.8, 4) is 0 Å². The van der Waals surface area contributed by atoms with E-state index in [1.807, 2.05) is 13.8 Å². The van der Waals surface area contributed by atoms with Gasteiger partial charge in [0.2, 0.25) is 0 Å². The summed E-state index contributed by atoms with van der Waals surface area (Å²) in [5, 5.41) is 2.38. The Balaban J connectivity index is 3.17. The number of alkyl halides is 3. The van der Waals surface area contributed by atoms with Gasteiger partial charge in [0.15, 0.2) is 0 Å². The molecule has 9 heteroatoms. The van der Waals surface area contributed by atoms with Crippen LogP contribution in [-0.2, 0) is 13.6 Å². The lowest BCUT2D eigenvalue weighted by Gasteiger charge is -2.17. The van der Waals surface area contributed by atoms with E-state index >= 15 is 0 Å². The second-order valence-corrected chi connectivity index (χ2v) is 5.20. The highest BCUT2D eigenvalue weighted by molar-refractivity contribution is 5.60. The predicted octanol–water partition coefficient (Wildman–Crippen LogP) is 1.15. The van der Waals surface area contributed by atoms with E-state index in [-0.39, 0.29) is 24.0 Å². The summed E-state index contributed by atoms with van der Waals surface area (Å²) in [6.45, 7) is 3.50. The quantitative estimate of drug-likeness (QED) is 0.855. The molecule has 0 fully saturated rings. The number of hydrogen-bond donors (Lipinski definition) is 2. The summed E-state index contributed by atoms with van der Waals surface area (Å²) in [6, 6.07) is 0. The summed E-state index contributed by atoms with van der Waals surface area (Å²) >= 11 is 0. The number of aromatic nitrogens is 2. The van der Waals surface area contributed by atoms with E-state index in [1.54, 1.807) is 0 Å². The topological polar surface area (TPSA) is 82.0 Å². The van der Waals surface area contributed by atoms with E-state index in [0.29, 0.717) is 0 Å². The highest BCUT2D eigenvalue weighted by Gasteiger charge is 2.26. The molecular weight excluding hydrogens is 289 g/mol. The van der Waals surface area contributed by atoms with Crippen molar-refractivity contribution in [3.63, 3.8) is 0 Å². The van der Waals surface area contributed by atoms with Crippen LogP contribution < -0.4 is 22.3 Å². The van der Waals surface area contributed by atoms with E-state index in [0.717, 1.165) is 4.57 Å². The zero-order valence-corrected chi connectivity index (χ0v) is 12.1. The predicted molar refractivity (Wildman–Crippen MR) is 74.4 cm³/mol. The van der Waals surface area contributed by atoms with Crippen molar-refractivity contribution >= 4 is 11.5 Å². The SMILES string of the molecule is CC(C)Cn1c(N)c(NCCC(F)(F)F)c(=O)n(C)c1=O. The molecule has 0 amide bonds. The number of hydrogen-bond acceptors (Lipinski definition) is 4. The molecule has 0 aliphatic heterocycles. The Morgan fingerprint density at radius 1 is 1.29 bits per heavy atom. The van der Waals surface area contributed by atoms with Gasteiger partial charge in [-0.3, -0.25) is 13.9 Å². The number of rotatable bonds is 5. The fraction of sp³-hybridized carbons (Fsp3) is 0.667. The first-order valence-electron chi connectivity index (χ1n) is 6.44. The molecule has 0 atom stereocenters. The molecule has 0 spiro atoms. The molecule has 21 heavy (non-hydrogen) atoms.